The Morgan fingerprint density at radius 2 is 1.55 bits per heavy atom. The number of hydrogen-bond acceptors (Lipinski definition) is 6. The molecule has 0 heterocycles. The minimum Gasteiger partial charge on any atom is -0.466 e. The summed E-state index contributed by atoms with van der Waals surface area (Å²) in [5, 5.41) is 0. The predicted molar refractivity (Wildman–Crippen MR) is 88.8 cm³/mol. The Labute approximate surface area is 136 Å². The summed E-state index contributed by atoms with van der Waals surface area (Å²) < 4.78 is 21.3. The highest BCUT2D eigenvalue weighted by molar-refractivity contribution is 6.60. The summed E-state index contributed by atoms with van der Waals surface area (Å²) in [6.07, 6.45) is 3.64. The Morgan fingerprint density at radius 1 is 0.955 bits per heavy atom. The van der Waals surface area contributed by atoms with E-state index in [0.717, 1.165) is 44.9 Å². The van der Waals surface area contributed by atoms with Crippen LogP contribution in [0.25, 0.3) is 0 Å². The van der Waals surface area contributed by atoms with Gasteiger partial charge in [0.1, 0.15) is 0 Å². The minimum atomic E-state index is -2.49. The molecule has 0 bridgehead atoms. The molecule has 0 atom stereocenters. The van der Waals surface area contributed by atoms with Crippen molar-refractivity contribution in [1.82, 2.24) is 4.90 Å². The molecule has 0 aromatic carbocycles. The van der Waals surface area contributed by atoms with Crippen LogP contribution in [-0.2, 0) is 22.8 Å². The highest BCUT2D eigenvalue weighted by atomic mass is 28.4. The monoisotopic (exact) mass is 335 g/mol. The van der Waals surface area contributed by atoms with Crippen LogP contribution in [0.15, 0.2) is 0 Å². The molecule has 0 aliphatic heterocycles. The quantitative estimate of drug-likeness (QED) is 0.359. The predicted octanol–water partition coefficient (Wildman–Crippen LogP) is 2.31. The van der Waals surface area contributed by atoms with E-state index in [-0.39, 0.29) is 5.97 Å². The summed E-state index contributed by atoms with van der Waals surface area (Å²) in [4.78, 5) is 13.8. The number of hydrogen-bond donors (Lipinski definition) is 0. The second kappa shape index (κ2) is 13.0. The molecule has 0 radical (unpaired) electrons. The molecule has 22 heavy (non-hydrogen) atoms. The van der Waals surface area contributed by atoms with Gasteiger partial charge in [-0.2, -0.15) is 0 Å². The molecular formula is C15H33NO5Si. The van der Waals surface area contributed by atoms with Crippen LogP contribution in [0.2, 0.25) is 6.04 Å². The van der Waals surface area contributed by atoms with Crippen molar-refractivity contribution in [2.45, 2.75) is 45.6 Å². The Bertz CT molecular complexity index is 279. The average molecular weight is 336 g/mol. The smallest absolute Gasteiger partial charge is 0.466 e. The summed E-state index contributed by atoms with van der Waals surface area (Å²) in [6.45, 7) is 7.08. The first-order valence-corrected chi connectivity index (χ1v) is 10.0. The zero-order chi connectivity index (χ0) is 16.8. The Kier molecular flexibility index (Phi) is 12.7. The van der Waals surface area contributed by atoms with E-state index in [4.69, 9.17) is 18.0 Å². The van der Waals surface area contributed by atoms with Crippen molar-refractivity contribution >= 4 is 14.8 Å². The zero-order valence-electron chi connectivity index (χ0n) is 14.9. The third kappa shape index (κ3) is 8.85. The Balaban J connectivity index is 4.25. The molecule has 0 saturated carbocycles. The zero-order valence-corrected chi connectivity index (χ0v) is 15.9. The number of rotatable bonds is 14. The van der Waals surface area contributed by atoms with Crippen LogP contribution in [0.3, 0.4) is 0 Å². The topological polar surface area (TPSA) is 57.2 Å². The average Bonchev–Trinajstić information content (AvgIpc) is 2.54. The molecule has 0 saturated heterocycles. The number of unbranched alkanes of at least 4 members (excludes halogenated alkanes) is 1. The number of esters is 1. The number of ether oxygens (including phenoxy) is 1. The van der Waals surface area contributed by atoms with E-state index < -0.39 is 8.80 Å². The van der Waals surface area contributed by atoms with Gasteiger partial charge in [0.05, 0.1) is 13.0 Å². The molecule has 0 spiro atoms. The fraction of sp³-hybridized carbons (Fsp3) is 0.933. The van der Waals surface area contributed by atoms with Gasteiger partial charge in [-0.15, -0.1) is 0 Å². The summed E-state index contributed by atoms with van der Waals surface area (Å²) in [5.74, 6) is -0.126. The van der Waals surface area contributed by atoms with Gasteiger partial charge in [0.2, 0.25) is 0 Å². The molecule has 0 aliphatic rings. The first-order chi connectivity index (χ1) is 10.6. The van der Waals surface area contributed by atoms with Crippen molar-refractivity contribution in [3.8, 4) is 0 Å². The molecule has 0 aromatic rings. The molecule has 0 rings (SSSR count). The summed E-state index contributed by atoms with van der Waals surface area (Å²) in [5.41, 5.74) is 0. The lowest BCUT2D eigenvalue weighted by molar-refractivity contribution is -0.143. The summed E-state index contributed by atoms with van der Waals surface area (Å²) >= 11 is 0. The minimum absolute atomic E-state index is 0.126. The maximum Gasteiger partial charge on any atom is 0.500 e. The van der Waals surface area contributed by atoms with Gasteiger partial charge in [0.15, 0.2) is 0 Å². The fourth-order valence-electron chi connectivity index (χ4n) is 2.28. The molecule has 132 valence electrons. The van der Waals surface area contributed by atoms with Crippen molar-refractivity contribution < 1.29 is 22.8 Å². The normalized spacial score (nSPS) is 11.9. The van der Waals surface area contributed by atoms with E-state index in [9.17, 15) is 4.79 Å². The van der Waals surface area contributed by atoms with Crippen molar-refractivity contribution in [1.29, 1.82) is 0 Å². The van der Waals surface area contributed by atoms with Gasteiger partial charge in [0, 0.05) is 33.9 Å². The van der Waals surface area contributed by atoms with Gasteiger partial charge in [-0.3, -0.25) is 4.79 Å². The highest BCUT2D eigenvalue weighted by Crippen LogP contribution is 2.15. The van der Waals surface area contributed by atoms with Crippen LogP contribution in [0.4, 0.5) is 0 Å². The first kappa shape index (κ1) is 21.5. The molecule has 7 heteroatoms. The lowest BCUT2D eigenvalue weighted by Gasteiger charge is -2.26. The molecule has 0 aliphatic carbocycles. The number of nitrogens with zero attached hydrogens (tertiary/aromatic N) is 1. The second-order valence-electron chi connectivity index (χ2n) is 5.15. The van der Waals surface area contributed by atoms with Crippen molar-refractivity contribution in [2.24, 2.45) is 0 Å². The molecule has 0 unspecified atom stereocenters. The first-order valence-electron chi connectivity index (χ1n) is 8.10. The van der Waals surface area contributed by atoms with Gasteiger partial charge in [-0.1, -0.05) is 13.3 Å². The highest BCUT2D eigenvalue weighted by Gasteiger charge is 2.36. The lowest BCUT2D eigenvalue weighted by Crippen LogP contribution is -2.43. The summed E-state index contributed by atoms with van der Waals surface area (Å²) in [6, 6.07) is 0.776. The van der Waals surface area contributed by atoms with Crippen molar-refractivity contribution in [3.05, 3.63) is 0 Å². The Morgan fingerprint density at radius 3 is 2.05 bits per heavy atom. The molecule has 0 aromatic heterocycles. The fourth-order valence-corrected chi connectivity index (χ4v) is 3.98. The number of carbonyl (C=O) groups excluding carboxylic acids is 1. The van der Waals surface area contributed by atoms with Gasteiger partial charge in [0.25, 0.3) is 0 Å². The van der Waals surface area contributed by atoms with E-state index in [0.29, 0.717) is 13.0 Å². The van der Waals surface area contributed by atoms with Gasteiger partial charge >= 0.3 is 14.8 Å². The van der Waals surface area contributed by atoms with E-state index in [1.807, 2.05) is 6.92 Å². The lowest BCUT2D eigenvalue weighted by atomic mass is 10.2. The van der Waals surface area contributed by atoms with Crippen LogP contribution < -0.4 is 0 Å². The summed E-state index contributed by atoms with van der Waals surface area (Å²) in [7, 11) is 2.41. The third-order valence-corrected chi connectivity index (χ3v) is 6.49. The number of carbonyl (C=O) groups is 1. The van der Waals surface area contributed by atoms with Crippen LogP contribution in [0, 0.1) is 0 Å². The van der Waals surface area contributed by atoms with Crippen LogP contribution in [-0.4, -0.2) is 67.2 Å². The standard InChI is InChI=1S/C15H33NO5Si/c1-6-8-11-16(13-10-15(17)21-7-2)12-9-14-22(18-3,19-4)20-5/h6-14H2,1-5H3. The second-order valence-corrected chi connectivity index (χ2v) is 8.24. The van der Waals surface area contributed by atoms with E-state index in [1.54, 1.807) is 21.3 Å². The molecule has 0 N–H and O–H groups in total. The molecule has 0 amide bonds. The van der Waals surface area contributed by atoms with E-state index in [2.05, 4.69) is 11.8 Å². The van der Waals surface area contributed by atoms with Crippen LogP contribution >= 0.6 is 0 Å². The Hall–Kier alpha value is -0.473. The van der Waals surface area contributed by atoms with Gasteiger partial charge in [-0.25, -0.2) is 0 Å². The van der Waals surface area contributed by atoms with Crippen molar-refractivity contribution in [2.75, 3.05) is 47.6 Å². The molecular weight excluding hydrogens is 302 g/mol. The largest absolute Gasteiger partial charge is 0.500 e. The van der Waals surface area contributed by atoms with Crippen LogP contribution in [0.5, 0.6) is 0 Å². The van der Waals surface area contributed by atoms with Gasteiger partial charge in [-0.05, 0) is 32.9 Å². The third-order valence-electron chi connectivity index (χ3n) is 3.66. The maximum atomic E-state index is 11.5. The molecule has 6 nitrogen and oxygen atoms in total. The molecule has 0 fully saturated rings. The van der Waals surface area contributed by atoms with E-state index >= 15 is 0 Å². The van der Waals surface area contributed by atoms with E-state index in [1.165, 1.54) is 0 Å². The maximum absolute atomic E-state index is 11.5. The van der Waals surface area contributed by atoms with Crippen LogP contribution in [0.1, 0.15) is 39.5 Å². The van der Waals surface area contributed by atoms with Gasteiger partial charge < -0.3 is 22.9 Å². The SMILES string of the molecule is CCCCN(CCC[Si](OC)(OC)OC)CCC(=O)OCC. The van der Waals surface area contributed by atoms with Crippen molar-refractivity contribution in [3.63, 3.8) is 0 Å².